The van der Waals surface area contributed by atoms with Crippen molar-refractivity contribution in [2.45, 2.75) is 38.2 Å². The van der Waals surface area contributed by atoms with Crippen LogP contribution in [0, 0.1) is 11.8 Å². The quantitative estimate of drug-likeness (QED) is 0.448. The number of rotatable bonds is 10. The molecule has 2 amide bonds. The number of ether oxygens (including phenoxy) is 2. The zero-order chi connectivity index (χ0) is 24.8. The van der Waals surface area contributed by atoms with Gasteiger partial charge in [0.1, 0.15) is 6.61 Å². The lowest BCUT2D eigenvalue weighted by Gasteiger charge is -2.17. The third kappa shape index (κ3) is 5.82. The highest BCUT2D eigenvalue weighted by molar-refractivity contribution is 5.79. The molecule has 35 heavy (non-hydrogen) atoms. The van der Waals surface area contributed by atoms with Crippen LogP contribution in [0.4, 0.5) is 4.79 Å². The Labute approximate surface area is 205 Å². The van der Waals surface area contributed by atoms with Gasteiger partial charge in [-0.2, -0.15) is 0 Å². The van der Waals surface area contributed by atoms with Crippen LogP contribution < -0.4 is 10.6 Å². The fraction of sp³-hybridized carbons (Fsp3) is 0.444. The van der Waals surface area contributed by atoms with Crippen LogP contribution in [0.1, 0.15) is 43.2 Å². The average Bonchev–Trinajstić information content (AvgIpc) is 3.46. The highest BCUT2D eigenvalue weighted by Gasteiger charge is 2.34. The van der Waals surface area contributed by atoms with E-state index < -0.39 is 18.2 Å². The van der Waals surface area contributed by atoms with Gasteiger partial charge in [0, 0.05) is 37.5 Å². The molecule has 0 radical (unpaired) electrons. The molecule has 1 heterocycles. The van der Waals surface area contributed by atoms with Gasteiger partial charge in [-0.05, 0) is 41.5 Å². The van der Waals surface area contributed by atoms with E-state index in [0.29, 0.717) is 32.4 Å². The number of carboxylic acid groups (broad SMARTS) is 1. The molecule has 0 aromatic heterocycles. The van der Waals surface area contributed by atoms with E-state index in [1.165, 1.54) is 22.3 Å². The molecule has 186 valence electrons. The Bertz CT molecular complexity index is 1030. The van der Waals surface area contributed by atoms with Gasteiger partial charge in [-0.15, -0.1) is 0 Å². The molecule has 0 bridgehead atoms. The van der Waals surface area contributed by atoms with Crippen molar-refractivity contribution in [3.05, 3.63) is 59.7 Å². The van der Waals surface area contributed by atoms with Gasteiger partial charge in [0.25, 0.3) is 0 Å². The molecule has 3 N–H and O–H groups in total. The van der Waals surface area contributed by atoms with Gasteiger partial charge in [-0.1, -0.05) is 55.5 Å². The number of benzene rings is 2. The van der Waals surface area contributed by atoms with Gasteiger partial charge in [0.15, 0.2) is 6.10 Å². The third-order valence-corrected chi connectivity index (χ3v) is 6.87. The van der Waals surface area contributed by atoms with Crippen LogP contribution in [-0.2, 0) is 19.1 Å². The van der Waals surface area contributed by atoms with Gasteiger partial charge in [-0.25, -0.2) is 9.59 Å². The summed E-state index contributed by atoms with van der Waals surface area (Å²) < 4.78 is 10.7. The third-order valence-electron chi connectivity index (χ3n) is 6.87. The summed E-state index contributed by atoms with van der Waals surface area (Å²) in [5.74, 6) is -1.55. The predicted octanol–water partition coefficient (Wildman–Crippen LogP) is 3.55. The van der Waals surface area contributed by atoms with Crippen LogP contribution in [0.3, 0.4) is 0 Å². The summed E-state index contributed by atoms with van der Waals surface area (Å²) in [6.45, 7) is 3.18. The molecule has 1 saturated heterocycles. The number of alkyl carbamates (subject to hydrolysis) is 1. The average molecular weight is 481 g/mol. The Balaban J connectivity index is 1.15. The van der Waals surface area contributed by atoms with Crippen molar-refractivity contribution in [3.8, 4) is 11.1 Å². The minimum absolute atomic E-state index is 0.0165. The molecule has 3 atom stereocenters. The second-order valence-corrected chi connectivity index (χ2v) is 9.22. The van der Waals surface area contributed by atoms with E-state index in [9.17, 15) is 14.4 Å². The summed E-state index contributed by atoms with van der Waals surface area (Å²) in [6, 6.07) is 16.4. The number of carbonyl (C=O) groups is 3. The molecule has 3 unspecified atom stereocenters. The molecule has 0 spiro atoms. The minimum atomic E-state index is -0.992. The van der Waals surface area contributed by atoms with Crippen LogP contribution in [-0.4, -0.2) is 55.5 Å². The van der Waals surface area contributed by atoms with Crippen molar-refractivity contribution < 1.29 is 29.0 Å². The molecule has 8 heteroatoms. The van der Waals surface area contributed by atoms with E-state index in [1.54, 1.807) is 0 Å². The van der Waals surface area contributed by atoms with E-state index in [1.807, 2.05) is 31.2 Å². The predicted molar refractivity (Wildman–Crippen MR) is 130 cm³/mol. The second kappa shape index (κ2) is 11.4. The SMILES string of the molecule is CC(CCCNC(=O)OCC1c2ccccc2-c2ccccc21)C(=O)NCC1CCOC1C(=O)O. The highest BCUT2D eigenvalue weighted by Crippen LogP contribution is 2.44. The maximum Gasteiger partial charge on any atom is 0.407 e. The molecule has 1 aliphatic carbocycles. The lowest BCUT2D eigenvalue weighted by Crippen LogP contribution is -2.38. The van der Waals surface area contributed by atoms with Crippen LogP contribution >= 0.6 is 0 Å². The molecular formula is C27H32N2O6. The number of hydrogen-bond donors (Lipinski definition) is 3. The van der Waals surface area contributed by atoms with Gasteiger partial charge < -0.3 is 25.2 Å². The Kier molecular flexibility index (Phi) is 8.02. The largest absolute Gasteiger partial charge is 0.479 e. The molecule has 2 aromatic rings. The molecule has 8 nitrogen and oxygen atoms in total. The number of aliphatic carboxylic acids is 1. The first-order valence-corrected chi connectivity index (χ1v) is 12.2. The Morgan fingerprint density at radius 1 is 1.06 bits per heavy atom. The number of amides is 2. The van der Waals surface area contributed by atoms with Gasteiger partial charge in [0.2, 0.25) is 5.91 Å². The molecule has 1 aliphatic heterocycles. The second-order valence-electron chi connectivity index (χ2n) is 9.22. The zero-order valence-corrected chi connectivity index (χ0v) is 19.9. The Morgan fingerprint density at radius 3 is 2.37 bits per heavy atom. The van der Waals surface area contributed by atoms with Gasteiger partial charge in [-0.3, -0.25) is 4.79 Å². The van der Waals surface area contributed by atoms with E-state index in [-0.39, 0.29) is 36.8 Å². The summed E-state index contributed by atoms with van der Waals surface area (Å²) in [6.07, 6.45) is 0.523. The van der Waals surface area contributed by atoms with E-state index >= 15 is 0 Å². The molecule has 1 fully saturated rings. The lowest BCUT2D eigenvalue weighted by atomic mass is 9.98. The molecule has 0 saturated carbocycles. The number of carboxylic acids is 1. The molecule has 2 aliphatic rings. The first-order valence-electron chi connectivity index (χ1n) is 12.2. The summed E-state index contributed by atoms with van der Waals surface area (Å²) in [5.41, 5.74) is 4.70. The molecule has 2 aromatic carbocycles. The monoisotopic (exact) mass is 480 g/mol. The summed E-state index contributed by atoms with van der Waals surface area (Å²) in [4.78, 5) is 35.8. The van der Waals surface area contributed by atoms with Crippen LogP contribution in [0.5, 0.6) is 0 Å². The number of fused-ring (bicyclic) bond motifs is 3. The van der Waals surface area contributed by atoms with E-state index in [4.69, 9.17) is 14.6 Å². The summed E-state index contributed by atoms with van der Waals surface area (Å²) in [7, 11) is 0. The van der Waals surface area contributed by atoms with E-state index in [2.05, 4.69) is 34.9 Å². The Morgan fingerprint density at radius 2 is 1.71 bits per heavy atom. The maximum atomic E-state index is 12.3. The van der Waals surface area contributed by atoms with Crippen molar-refractivity contribution in [2.75, 3.05) is 26.3 Å². The number of carbonyl (C=O) groups excluding carboxylic acids is 2. The standard InChI is InChI=1S/C27H32N2O6/c1-17(25(30)29-15-18-12-14-34-24(18)26(31)32)7-6-13-28-27(33)35-16-23-21-10-4-2-8-19(21)20-9-3-5-11-22(20)23/h2-5,8-11,17-18,23-24H,6-7,12-16H2,1H3,(H,28,33)(H,29,30)(H,31,32). The van der Waals surface area contributed by atoms with Crippen molar-refractivity contribution in [1.29, 1.82) is 0 Å². The first kappa shape index (κ1) is 24.7. The highest BCUT2D eigenvalue weighted by atomic mass is 16.5. The van der Waals surface area contributed by atoms with Gasteiger partial charge >= 0.3 is 12.1 Å². The zero-order valence-electron chi connectivity index (χ0n) is 19.9. The fourth-order valence-electron chi connectivity index (χ4n) is 4.90. The summed E-state index contributed by atoms with van der Waals surface area (Å²) >= 11 is 0. The minimum Gasteiger partial charge on any atom is -0.479 e. The number of hydrogen-bond acceptors (Lipinski definition) is 5. The van der Waals surface area contributed by atoms with Crippen LogP contribution in [0.25, 0.3) is 11.1 Å². The smallest absolute Gasteiger partial charge is 0.407 e. The number of nitrogens with one attached hydrogen (secondary N) is 2. The van der Waals surface area contributed by atoms with Crippen molar-refractivity contribution in [3.63, 3.8) is 0 Å². The van der Waals surface area contributed by atoms with Crippen molar-refractivity contribution >= 4 is 18.0 Å². The van der Waals surface area contributed by atoms with Crippen LogP contribution in [0.2, 0.25) is 0 Å². The Hall–Kier alpha value is -3.39. The lowest BCUT2D eigenvalue weighted by molar-refractivity contribution is -0.149. The van der Waals surface area contributed by atoms with Crippen molar-refractivity contribution in [2.24, 2.45) is 11.8 Å². The molecule has 4 rings (SSSR count). The van der Waals surface area contributed by atoms with Crippen molar-refractivity contribution in [1.82, 2.24) is 10.6 Å². The van der Waals surface area contributed by atoms with Crippen LogP contribution in [0.15, 0.2) is 48.5 Å². The fourth-order valence-corrected chi connectivity index (χ4v) is 4.90. The topological polar surface area (TPSA) is 114 Å². The van der Waals surface area contributed by atoms with E-state index in [0.717, 1.165) is 0 Å². The summed E-state index contributed by atoms with van der Waals surface area (Å²) in [5, 5.41) is 14.8. The maximum absolute atomic E-state index is 12.3. The first-order chi connectivity index (χ1) is 17.0. The normalized spacial score (nSPS) is 19.5. The van der Waals surface area contributed by atoms with Gasteiger partial charge in [0.05, 0.1) is 0 Å². The molecular weight excluding hydrogens is 448 g/mol.